The Labute approximate surface area is 210 Å². The molecule has 2 unspecified atom stereocenters. The van der Waals surface area contributed by atoms with Crippen molar-refractivity contribution in [2.45, 2.75) is 77.4 Å². The maximum absolute atomic E-state index is 13.9. The molecule has 2 aromatic rings. The lowest BCUT2D eigenvalue weighted by Gasteiger charge is -2.35. The summed E-state index contributed by atoms with van der Waals surface area (Å²) >= 11 is 0. The minimum atomic E-state index is -0.642. The van der Waals surface area contributed by atoms with Crippen LogP contribution in [0.3, 0.4) is 0 Å². The number of benzene rings is 2. The van der Waals surface area contributed by atoms with Crippen LogP contribution in [0.15, 0.2) is 48.5 Å². The predicted molar refractivity (Wildman–Crippen MR) is 139 cm³/mol. The van der Waals surface area contributed by atoms with E-state index in [4.69, 9.17) is 4.74 Å². The van der Waals surface area contributed by atoms with Crippen LogP contribution in [0, 0.1) is 19.8 Å². The fraction of sp³-hybridized carbons (Fsp3) is 0.533. The average Bonchev–Trinajstić information content (AvgIpc) is 3.38. The maximum atomic E-state index is 13.9. The third-order valence-corrected chi connectivity index (χ3v) is 7.42. The minimum absolute atomic E-state index is 0.0130. The second kappa shape index (κ2) is 12.3. The molecule has 2 fully saturated rings. The van der Waals surface area contributed by atoms with Crippen LogP contribution in [-0.2, 0) is 20.7 Å². The van der Waals surface area contributed by atoms with Crippen molar-refractivity contribution >= 4 is 11.8 Å². The molecule has 188 valence electrons. The molecule has 1 saturated carbocycles. The summed E-state index contributed by atoms with van der Waals surface area (Å²) in [5, 5.41) is 3.13. The van der Waals surface area contributed by atoms with E-state index < -0.39 is 6.04 Å². The number of nitrogens with zero attached hydrogens (tertiary/aromatic N) is 1. The number of rotatable bonds is 9. The van der Waals surface area contributed by atoms with Gasteiger partial charge in [-0.25, -0.2) is 0 Å². The first-order valence-corrected chi connectivity index (χ1v) is 13.3. The lowest BCUT2D eigenvalue weighted by Crippen LogP contribution is -2.47. The smallest absolute Gasteiger partial charge is 0.247 e. The third-order valence-electron chi connectivity index (χ3n) is 7.42. The SMILES string of the molecule is Cc1ccc(C(C(=O)NCC2CCCO2)N(CC2CCCCC2)C(=O)Cc2cccc(C)c2)cc1. The first-order valence-electron chi connectivity index (χ1n) is 13.3. The second-order valence-corrected chi connectivity index (χ2v) is 10.4. The molecule has 5 nitrogen and oxygen atoms in total. The van der Waals surface area contributed by atoms with E-state index in [1.165, 1.54) is 19.3 Å². The van der Waals surface area contributed by atoms with Gasteiger partial charge in [0.15, 0.2) is 0 Å². The Morgan fingerprint density at radius 3 is 2.43 bits per heavy atom. The zero-order valence-electron chi connectivity index (χ0n) is 21.3. The van der Waals surface area contributed by atoms with Crippen LogP contribution in [0.25, 0.3) is 0 Å². The van der Waals surface area contributed by atoms with Crippen molar-refractivity contribution in [2.75, 3.05) is 19.7 Å². The first-order chi connectivity index (χ1) is 17.0. The molecule has 1 aliphatic carbocycles. The van der Waals surface area contributed by atoms with Crippen LogP contribution in [0.2, 0.25) is 0 Å². The second-order valence-electron chi connectivity index (χ2n) is 10.4. The molecular formula is C30H40N2O3. The molecule has 1 N–H and O–H groups in total. The molecule has 4 rings (SSSR count). The third kappa shape index (κ3) is 7.17. The molecule has 2 aliphatic rings. The number of carbonyl (C=O) groups excluding carboxylic acids is 2. The molecule has 0 bridgehead atoms. The number of ether oxygens (including phenoxy) is 1. The summed E-state index contributed by atoms with van der Waals surface area (Å²) in [4.78, 5) is 29.5. The lowest BCUT2D eigenvalue weighted by atomic mass is 9.88. The van der Waals surface area contributed by atoms with Gasteiger partial charge in [0.2, 0.25) is 11.8 Å². The normalized spacial score (nSPS) is 19.3. The van der Waals surface area contributed by atoms with E-state index >= 15 is 0 Å². The number of nitrogens with one attached hydrogen (secondary N) is 1. The summed E-state index contributed by atoms with van der Waals surface area (Å²) in [6.45, 7) is 5.95. The van der Waals surface area contributed by atoms with Crippen LogP contribution in [0.5, 0.6) is 0 Å². The summed E-state index contributed by atoms with van der Waals surface area (Å²) in [7, 11) is 0. The Bertz CT molecular complexity index is 975. The number of carbonyl (C=O) groups is 2. The summed E-state index contributed by atoms with van der Waals surface area (Å²) < 4.78 is 5.73. The molecule has 2 aromatic carbocycles. The summed E-state index contributed by atoms with van der Waals surface area (Å²) in [6.07, 6.45) is 8.26. The van der Waals surface area contributed by atoms with Crippen molar-refractivity contribution in [1.29, 1.82) is 0 Å². The Balaban J connectivity index is 1.61. The van der Waals surface area contributed by atoms with E-state index in [0.717, 1.165) is 54.5 Å². The highest BCUT2D eigenvalue weighted by Crippen LogP contribution is 2.30. The summed E-state index contributed by atoms with van der Waals surface area (Å²) in [5.41, 5.74) is 4.13. The summed E-state index contributed by atoms with van der Waals surface area (Å²) in [6, 6.07) is 15.5. The number of hydrogen-bond acceptors (Lipinski definition) is 3. The molecule has 0 aromatic heterocycles. The van der Waals surface area contributed by atoms with Crippen molar-refractivity contribution in [3.63, 3.8) is 0 Å². The molecule has 5 heteroatoms. The lowest BCUT2D eigenvalue weighted by molar-refractivity contribution is -0.141. The van der Waals surface area contributed by atoms with Crippen molar-refractivity contribution in [1.82, 2.24) is 10.2 Å². The van der Waals surface area contributed by atoms with Crippen molar-refractivity contribution in [3.05, 3.63) is 70.8 Å². The molecule has 35 heavy (non-hydrogen) atoms. The largest absolute Gasteiger partial charge is 0.376 e. The average molecular weight is 477 g/mol. The highest BCUT2D eigenvalue weighted by Gasteiger charge is 2.34. The van der Waals surface area contributed by atoms with E-state index in [2.05, 4.69) is 11.4 Å². The predicted octanol–water partition coefficient (Wildman–Crippen LogP) is 5.29. The van der Waals surface area contributed by atoms with E-state index in [1.807, 2.05) is 61.2 Å². The Morgan fingerprint density at radius 2 is 1.74 bits per heavy atom. The monoisotopic (exact) mass is 476 g/mol. The van der Waals surface area contributed by atoms with E-state index in [1.54, 1.807) is 0 Å². The van der Waals surface area contributed by atoms with Crippen molar-refractivity contribution < 1.29 is 14.3 Å². The van der Waals surface area contributed by atoms with E-state index in [-0.39, 0.29) is 17.9 Å². The van der Waals surface area contributed by atoms with Crippen LogP contribution in [0.4, 0.5) is 0 Å². The van der Waals surface area contributed by atoms with Gasteiger partial charge in [0, 0.05) is 19.7 Å². The Kier molecular flexibility index (Phi) is 8.97. The highest BCUT2D eigenvalue weighted by molar-refractivity contribution is 5.89. The van der Waals surface area contributed by atoms with Gasteiger partial charge in [-0.3, -0.25) is 9.59 Å². The molecule has 1 heterocycles. The van der Waals surface area contributed by atoms with Gasteiger partial charge in [0.25, 0.3) is 0 Å². The van der Waals surface area contributed by atoms with Crippen LogP contribution in [0.1, 0.15) is 73.2 Å². The molecular weight excluding hydrogens is 436 g/mol. The van der Waals surface area contributed by atoms with Crippen LogP contribution in [-0.4, -0.2) is 42.5 Å². The standard InChI is InChI=1S/C30H40N2O3/c1-22-13-15-26(16-14-22)29(30(34)31-20-27-12-7-17-35-27)32(21-24-9-4-3-5-10-24)28(33)19-25-11-6-8-23(2)18-25/h6,8,11,13-16,18,24,27,29H,3-5,7,9-10,12,17,19-21H2,1-2H3,(H,31,34). The fourth-order valence-corrected chi connectivity index (χ4v) is 5.44. The molecule has 2 atom stereocenters. The zero-order chi connectivity index (χ0) is 24.6. The van der Waals surface area contributed by atoms with Gasteiger partial charge in [0.05, 0.1) is 12.5 Å². The summed E-state index contributed by atoms with van der Waals surface area (Å²) in [5.74, 6) is 0.334. The van der Waals surface area contributed by atoms with Crippen LogP contribution >= 0.6 is 0 Å². The minimum Gasteiger partial charge on any atom is -0.376 e. The molecule has 0 spiro atoms. The van der Waals surface area contributed by atoms with E-state index in [0.29, 0.717) is 25.4 Å². The van der Waals surface area contributed by atoms with E-state index in [9.17, 15) is 9.59 Å². The quantitative estimate of drug-likeness (QED) is 0.535. The van der Waals surface area contributed by atoms with Gasteiger partial charge < -0.3 is 15.0 Å². The molecule has 1 saturated heterocycles. The van der Waals surface area contributed by atoms with Gasteiger partial charge in [-0.05, 0) is 56.6 Å². The zero-order valence-corrected chi connectivity index (χ0v) is 21.3. The van der Waals surface area contributed by atoms with Crippen molar-refractivity contribution in [2.24, 2.45) is 5.92 Å². The van der Waals surface area contributed by atoms with Gasteiger partial charge in [-0.15, -0.1) is 0 Å². The van der Waals surface area contributed by atoms with Crippen LogP contribution < -0.4 is 5.32 Å². The highest BCUT2D eigenvalue weighted by atomic mass is 16.5. The first kappa shape index (κ1) is 25.4. The Hall–Kier alpha value is -2.66. The Morgan fingerprint density at radius 1 is 0.971 bits per heavy atom. The molecule has 2 amide bonds. The molecule has 1 aliphatic heterocycles. The van der Waals surface area contributed by atoms with Gasteiger partial charge in [-0.2, -0.15) is 0 Å². The number of aryl methyl sites for hydroxylation is 2. The topological polar surface area (TPSA) is 58.6 Å². The van der Waals surface area contributed by atoms with Gasteiger partial charge >= 0.3 is 0 Å². The molecule has 0 radical (unpaired) electrons. The van der Waals surface area contributed by atoms with Gasteiger partial charge in [-0.1, -0.05) is 78.9 Å². The number of amides is 2. The van der Waals surface area contributed by atoms with Gasteiger partial charge in [0.1, 0.15) is 6.04 Å². The maximum Gasteiger partial charge on any atom is 0.247 e. The fourth-order valence-electron chi connectivity index (χ4n) is 5.44. The van der Waals surface area contributed by atoms with Crippen molar-refractivity contribution in [3.8, 4) is 0 Å². The number of hydrogen-bond donors (Lipinski definition) is 1.